The molecule has 2 fully saturated rings. The van der Waals surface area contributed by atoms with Crippen LogP contribution in [0.4, 0.5) is 4.39 Å². The summed E-state index contributed by atoms with van der Waals surface area (Å²) in [5.74, 6) is 0.549. The molecule has 0 atom stereocenters. The number of piperazine rings is 1. The molecule has 1 aromatic rings. The number of nitrogens with one attached hydrogen (secondary N) is 1. The topological polar surface area (TPSA) is 56.4 Å². The molecule has 1 saturated carbocycles. The first-order valence-electron chi connectivity index (χ1n) is 7.69. The summed E-state index contributed by atoms with van der Waals surface area (Å²) >= 11 is 0. The second kappa shape index (κ2) is 6.12. The first-order chi connectivity index (χ1) is 10.1. The average Bonchev–Trinajstić information content (AvgIpc) is 3.24. The van der Waals surface area contributed by atoms with Crippen LogP contribution >= 0.6 is 0 Å². The zero-order chi connectivity index (χ0) is 14.8. The lowest BCUT2D eigenvalue weighted by Gasteiger charge is -2.34. The van der Waals surface area contributed by atoms with Crippen LogP contribution in [0.2, 0.25) is 0 Å². The minimum Gasteiger partial charge on any atom is -0.384 e. The Bertz CT molecular complexity index is 519. The molecule has 1 aromatic carbocycles. The van der Waals surface area contributed by atoms with Gasteiger partial charge in [-0.1, -0.05) is 0 Å². The fraction of sp³-hybridized carbons (Fsp3) is 0.562. The highest BCUT2D eigenvalue weighted by atomic mass is 19.1. The lowest BCUT2D eigenvalue weighted by atomic mass is 10.1. The lowest BCUT2D eigenvalue weighted by Crippen LogP contribution is -2.46. The van der Waals surface area contributed by atoms with Crippen LogP contribution in [0.25, 0.3) is 0 Å². The molecule has 0 bridgehead atoms. The third-order valence-electron chi connectivity index (χ3n) is 4.35. The maximum Gasteiger partial charge on any atom is 0.124 e. The number of benzene rings is 1. The number of halogens is 1. The fourth-order valence-electron chi connectivity index (χ4n) is 2.95. The van der Waals surface area contributed by atoms with Gasteiger partial charge in [-0.05, 0) is 42.5 Å². The second-order valence-electron chi connectivity index (χ2n) is 6.28. The van der Waals surface area contributed by atoms with E-state index in [1.54, 1.807) is 6.07 Å². The van der Waals surface area contributed by atoms with Gasteiger partial charge in [0.25, 0.3) is 0 Å². The molecule has 3 N–H and O–H groups in total. The van der Waals surface area contributed by atoms with Gasteiger partial charge in [-0.2, -0.15) is 0 Å². The first-order valence-corrected chi connectivity index (χ1v) is 7.69. The Morgan fingerprint density at radius 3 is 2.43 bits per heavy atom. The highest BCUT2D eigenvalue weighted by molar-refractivity contribution is 5.95. The van der Waals surface area contributed by atoms with Gasteiger partial charge < -0.3 is 10.6 Å². The predicted molar refractivity (Wildman–Crippen MR) is 81.9 cm³/mol. The Morgan fingerprint density at radius 1 is 1.14 bits per heavy atom. The van der Waals surface area contributed by atoms with Crippen LogP contribution < -0.4 is 5.73 Å². The fourth-order valence-corrected chi connectivity index (χ4v) is 2.95. The molecular weight excluding hydrogens is 267 g/mol. The van der Waals surface area contributed by atoms with Crippen molar-refractivity contribution in [3.63, 3.8) is 0 Å². The van der Waals surface area contributed by atoms with Crippen molar-refractivity contribution >= 4 is 5.84 Å². The van der Waals surface area contributed by atoms with Crippen molar-refractivity contribution in [2.75, 3.05) is 32.7 Å². The highest BCUT2D eigenvalue weighted by Gasteiger charge is 2.26. The monoisotopic (exact) mass is 290 g/mol. The summed E-state index contributed by atoms with van der Waals surface area (Å²) in [6, 6.07) is 4.68. The summed E-state index contributed by atoms with van der Waals surface area (Å²) in [5.41, 5.74) is 6.82. The number of nitrogens with two attached hydrogens (primary N) is 1. The van der Waals surface area contributed by atoms with Gasteiger partial charge in [-0.15, -0.1) is 0 Å². The predicted octanol–water partition coefficient (Wildman–Crippen LogP) is 1.64. The molecular formula is C16H23FN4. The van der Waals surface area contributed by atoms with Gasteiger partial charge in [-0.3, -0.25) is 10.3 Å². The Balaban J connectivity index is 1.55. The molecule has 1 aliphatic heterocycles. The normalized spacial score (nSPS) is 20.6. The van der Waals surface area contributed by atoms with Gasteiger partial charge in [0.15, 0.2) is 0 Å². The van der Waals surface area contributed by atoms with Crippen LogP contribution in [0.5, 0.6) is 0 Å². The summed E-state index contributed by atoms with van der Waals surface area (Å²) in [7, 11) is 0. The zero-order valence-electron chi connectivity index (χ0n) is 12.3. The number of nitrogen functional groups attached to an aromatic ring is 1. The zero-order valence-corrected chi connectivity index (χ0v) is 12.3. The Kier molecular flexibility index (Phi) is 4.22. The minimum atomic E-state index is -0.315. The average molecular weight is 290 g/mol. The molecule has 0 unspecified atom stereocenters. The molecule has 2 aliphatic rings. The number of hydrogen-bond donors (Lipinski definition) is 2. The van der Waals surface area contributed by atoms with E-state index < -0.39 is 0 Å². The summed E-state index contributed by atoms with van der Waals surface area (Å²) in [4.78, 5) is 4.89. The van der Waals surface area contributed by atoms with Crippen molar-refractivity contribution < 1.29 is 4.39 Å². The van der Waals surface area contributed by atoms with Gasteiger partial charge in [0, 0.05) is 44.8 Å². The van der Waals surface area contributed by atoms with Gasteiger partial charge >= 0.3 is 0 Å². The van der Waals surface area contributed by atoms with E-state index in [0.717, 1.165) is 44.2 Å². The molecule has 1 heterocycles. The van der Waals surface area contributed by atoms with Gasteiger partial charge in [-0.25, -0.2) is 4.39 Å². The number of rotatable bonds is 5. The minimum absolute atomic E-state index is 0.0787. The van der Waals surface area contributed by atoms with Crippen LogP contribution in [0.15, 0.2) is 18.2 Å². The Morgan fingerprint density at radius 2 is 1.81 bits per heavy atom. The van der Waals surface area contributed by atoms with Crippen molar-refractivity contribution in [2.24, 2.45) is 11.7 Å². The molecule has 5 heteroatoms. The third-order valence-corrected chi connectivity index (χ3v) is 4.35. The van der Waals surface area contributed by atoms with E-state index in [2.05, 4.69) is 9.80 Å². The maximum atomic E-state index is 13.6. The third kappa shape index (κ3) is 4.02. The van der Waals surface area contributed by atoms with E-state index in [9.17, 15) is 4.39 Å². The standard InChI is InChI=1S/C16H23FN4/c17-15-8-13(7-14(9-15)16(18)19)11-21-5-3-20(4-6-21)10-12-1-2-12/h7-9,12H,1-6,10-11H2,(H3,18,19). The Hall–Kier alpha value is -1.46. The largest absolute Gasteiger partial charge is 0.384 e. The van der Waals surface area contributed by atoms with Crippen molar-refractivity contribution in [1.82, 2.24) is 9.80 Å². The van der Waals surface area contributed by atoms with Crippen LogP contribution in [0.1, 0.15) is 24.0 Å². The molecule has 1 aliphatic carbocycles. The van der Waals surface area contributed by atoms with Gasteiger partial charge in [0.05, 0.1) is 0 Å². The van der Waals surface area contributed by atoms with Gasteiger partial charge in [0.1, 0.15) is 11.7 Å². The molecule has 0 spiro atoms. The summed E-state index contributed by atoms with van der Waals surface area (Å²) < 4.78 is 13.6. The van der Waals surface area contributed by atoms with E-state index in [-0.39, 0.29) is 11.7 Å². The maximum absolute atomic E-state index is 13.6. The molecule has 4 nitrogen and oxygen atoms in total. The summed E-state index contributed by atoms with van der Waals surface area (Å²) in [5, 5.41) is 7.44. The molecule has 0 aromatic heterocycles. The molecule has 1 saturated heterocycles. The van der Waals surface area contributed by atoms with E-state index in [1.807, 2.05) is 6.07 Å². The van der Waals surface area contributed by atoms with E-state index >= 15 is 0 Å². The lowest BCUT2D eigenvalue weighted by molar-refractivity contribution is 0.123. The summed E-state index contributed by atoms with van der Waals surface area (Å²) in [6.45, 7) is 6.24. The summed E-state index contributed by atoms with van der Waals surface area (Å²) in [6.07, 6.45) is 2.80. The van der Waals surface area contributed by atoms with E-state index in [1.165, 1.54) is 25.5 Å². The van der Waals surface area contributed by atoms with Crippen molar-refractivity contribution in [3.8, 4) is 0 Å². The molecule has 21 heavy (non-hydrogen) atoms. The van der Waals surface area contributed by atoms with Crippen molar-refractivity contribution in [1.29, 1.82) is 5.41 Å². The van der Waals surface area contributed by atoms with Crippen LogP contribution in [-0.2, 0) is 6.54 Å². The van der Waals surface area contributed by atoms with Crippen LogP contribution in [0.3, 0.4) is 0 Å². The second-order valence-corrected chi connectivity index (χ2v) is 6.28. The number of hydrogen-bond acceptors (Lipinski definition) is 3. The molecule has 0 amide bonds. The van der Waals surface area contributed by atoms with Crippen LogP contribution in [-0.4, -0.2) is 48.4 Å². The SMILES string of the molecule is N=C(N)c1cc(F)cc(CN2CCN(CC3CC3)CC2)c1. The quantitative estimate of drug-likeness (QED) is 0.640. The first kappa shape index (κ1) is 14.5. The van der Waals surface area contributed by atoms with Crippen LogP contribution in [0, 0.1) is 17.1 Å². The van der Waals surface area contributed by atoms with Gasteiger partial charge in [0.2, 0.25) is 0 Å². The Labute approximate surface area is 125 Å². The molecule has 114 valence electrons. The molecule has 0 radical (unpaired) electrons. The van der Waals surface area contributed by atoms with Crippen molar-refractivity contribution in [2.45, 2.75) is 19.4 Å². The van der Waals surface area contributed by atoms with E-state index in [0.29, 0.717) is 5.56 Å². The smallest absolute Gasteiger partial charge is 0.124 e. The number of nitrogens with zero attached hydrogens (tertiary/aromatic N) is 2. The molecule has 3 rings (SSSR count). The highest BCUT2D eigenvalue weighted by Crippen LogP contribution is 2.30. The van der Waals surface area contributed by atoms with Crippen molar-refractivity contribution in [3.05, 3.63) is 35.1 Å². The number of amidine groups is 1. The van der Waals surface area contributed by atoms with E-state index in [4.69, 9.17) is 11.1 Å².